The third-order valence-corrected chi connectivity index (χ3v) is 5.91. The molecular formula is C30H31N3O6. The minimum Gasteiger partial charge on any atom is -0.497 e. The van der Waals surface area contributed by atoms with Gasteiger partial charge in [-0.2, -0.15) is 4.98 Å². The molecule has 39 heavy (non-hydrogen) atoms. The highest BCUT2D eigenvalue weighted by molar-refractivity contribution is 5.83. The van der Waals surface area contributed by atoms with Gasteiger partial charge < -0.3 is 29.0 Å². The van der Waals surface area contributed by atoms with Crippen molar-refractivity contribution in [2.75, 3.05) is 33.8 Å². The van der Waals surface area contributed by atoms with Gasteiger partial charge in [0.1, 0.15) is 23.0 Å². The molecular weight excluding hydrogens is 498 g/mol. The van der Waals surface area contributed by atoms with E-state index in [0.717, 1.165) is 16.9 Å². The Balaban J connectivity index is 1.63. The molecule has 0 aliphatic rings. The lowest BCUT2D eigenvalue weighted by atomic mass is 10.0. The number of Topliss-reactive ketones (excluding diaryl/α,β-unsaturated/α-hetero) is 1. The van der Waals surface area contributed by atoms with Crippen LogP contribution in [0.5, 0.6) is 34.6 Å². The minimum absolute atomic E-state index is 0.0114. The monoisotopic (exact) mass is 529 g/mol. The highest BCUT2D eigenvalue weighted by atomic mass is 16.5. The Hall–Kier alpha value is -4.79. The van der Waals surface area contributed by atoms with Crippen LogP contribution in [0.25, 0.3) is 0 Å². The van der Waals surface area contributed by atoms with Crippen LogP contribution in [0, 0.1) is 6.92 Å². The number of carbonyl (C=O) groups excluding carboxylic acids is 1. The maximum atomic E-state index is 13.0. The summed E-state index contributed by atoms with van der Waals surface area (Å²) >= 11 is 0. The van der Waals surface area contributed by atoms with Crippen LogP contribution in [0.1, 0.15) is 16.7 Å². The fourth-order valence-electron chi connectivity index (χ4n) is 3.88. The number of benzene rings is 3. The summed E-state index contributed by atoms with van der Waals surface area (Å²) in [6.45, 7) is 1.96. The molecule has 0 aliphatic carbocycles. The zero-order valence-electron chi connectivity index (χ0n) is 22.6. The number of nitrogens with one attached hydrogen (secondary N) is 1. The lowest BCUT2D eigenvalue weighted by Gasteiger charge is -2.15. The van der Waals surface area contributed by atoms with Crippen LogP contribution in [-0.4, -0.2) is 44.2 Å². The van der Waals surface area contributed by atoms with Crippen molar-refractivity contribution in [3.8, 4) is 34.6 Å². The van der Waals surface area contributed by atoms with E-state index in [9.17, 15) is 4.79 Å². The summed E-state index contributed by atoms with van der Waals surface area (Å²) in [5, 5.41) is 3.16. The molecule has 0 saturated heterocycles. The van der Waals surface area contributed by atoms with Gasteiger partial charge in [-0.3, -0.25) is 4.79 Å². The lowest BCUT2D eigenvalue weighted by molar-refractivity contribution is -0.117. The minimum atomic E-state index is -0.0114. The van der Waals surface area contributed by atoms with Gasteiger partial charge in [-0.05, 0) is 42.3 Å². The number of ether oxygens (including phenoxy) is 5. The molecule has 0 bridgehead atoms. The summed E-state index contributed by atoms with van der Waals surface area (Å²) in [4.78, 5) is 22.1. The molecule has 0 spiro atoms. The third kappa shape index (κ3) is 7.16. The Kier molecular flexibility index (Phi) is 8.83. The zero-order chi connectivity index (χ0) is 27.8. The van der Waals surface area contributed by atoms with Crippen molar-refractivity contribution >= 4 is 17.4 Å². The number of ketones is 1. The number of rotatable bonds is 12. The Morgan fingerprint density at radius 2 is 1.46 bits per heavy atom. The molecule has 0 fully saturated rings. The van der Waals surface area contributed by atoms with Crippen molar-refractivity contribution in [1.82, 2.24) is 9.97 Å². The second-order valence-corrected chi connectivity index (χ2v) is 8.75. The van der Waals surface area contributed by atoms with E-state index in [1.165, 1.54) is 0 Å². The molecule has 1 aromatic heterocycles. The second kappa shape index (κ2) is 12.6. The summed E-state index contributed by atoms with van der Waals surface area (Å²) in [7, 11) is 6.33. The number of aromatic nitrogens is 2. The first-order valence-electron chi connectivity index (χ1n) is 12.2. The molecule has 1 N–H and O–H groups in total. The van der Waals surface area contributed by atoms with Crippen molar-refractivity contribution < 1.29 is 28.5 Å². The number of aryl methyl sites for hydroxylation is 1. The van der Waals surface area contributed by atoms with E-state index in [1.807, 2.05) is 43.3 Å². The fourth-order valence-corrected chi connectivity index (χ4v) is 3.88. The van der Waals surface area contributed by atoms with E-state index in [-0.39, 0.29) is 30.5 Å². The summed E-state index contributed by atoms with van der Waals surface area (Å²) in [5.74, 6) is 3.49. The van der Waals surface area contributed by atoms with Gasteiger partial charge >= 0.3 is 0 Å². The smallest absolute Gasteiger partial charge is 0.230 e. The van der Waals surface area contributed by atoms with E-state index >= 15 is 0 Å². The van der Waals surface area contributed by atoms with Gasteiger partial charge in [-0.1, -0.05) is 18.2 Å². The Morgan fingerprint density at radius 3 is 2.10 bits per heavy atom. The Labute approximate surface area is 227 Å². The van der Waals surface area contributed by atoms with E-state index in [0.29, 0.717) is 34.2 Å². The highest BCUT2D eigenvalue weighted by Gasteiger charge is 2.17. The molecule has 3 aromatic carbocycles. The normalized spacial score (nSPS) is 10.5. The average Bonchev–Trinajstić information content (AvgIpc) is 2.95. The maximum absolute atomic E-state index is 13.0. The molecule has 0 radical (unpaired) electrons. The predicted molar refractivity (Wildman–Crippen MR) is 148 cm³/mol. The molecule has 0 aliphatic heterocycles. The van der Waals surface area contributed by atoms with E-state index in [2.05, 4.69) is 15.3 Å². The van der Waals surface area contributed by atoms with Gasteiger partial charge in [0.25, 0.3) is 0 Å². The summed E-state index contributed by atoms with van der Waals surface area (Å²) in [6, 6.07) is 18.3. The van der Waals surface area contributed by atoms with Crippen LogP contribution in [0.15, 0.2) is 66.9 Å². The standard InChI is InChI=1S/C30H31N3O6/c1-19-6-11-27(28(12-19)38-5)39-29-21(14-23(34)13-20-7-9-24(35-2)10-8-20)18-31-30(33-29)32-22-15-25(36-3)17-26(16-22)37-4/h6-12,15-18H,13-14H2,1-5H3,(H,31,32,33). The molecule has 9 nitrogen and oxygen atoms in total. The van der Waals surface area contributed by atoms with Gasteiger partial charge in [0.15, 0.2) is 11.5 Å². The van der Waals surface area contributed by atoms with Gasteiger partial charge in [-0.15, -0.1) is 0 Å². The molecule has 0 unspecified atom stereocenters. The van der Waals surface area contributed by atoms with Gasteiger partial charge in [0.05, 0.1) is 28.4 Å². The van der Waals surface area contributed by atoms with Gasteiger partial charge in [0, 0.05) is 48.5 Å². The molecule has 4 aromatic rings. The fraction of sp³-hybridized carbons (Fsp3) is 0.233. The lowest BCUT2D eigenvalue weighted by Crippen LogP contribution is -2.10. The molecule has 202 valence electrons. The molecule has 0 amide bonds. The summed E-state index contributed by atoms with van der Waals surface area (Å²) in [5.41, 5.74) is 3.11. The maximum Gasteiger partial charge on any atom is 0.230 e. The SMILES string of the molecule is COc1ccc(CC(=O)Cc2cnc(Nc3cc(OC)cc(OC)c3)nc2Oc2ccc(C)cc2OC)cc1. The van der Waals surface area contributed by atoms with Crippen molar-refractivity contribution in [2.24, 2.45) is 0 Å². The van der Waals surface area contributed by atoms with Crippen LogP contribution >= 0.6 is 0 Å². The van der Waals surface area contributed by atoms with Crippen molar-refractivity contribution in [2.45, 2.75) is 19.8 Å². The number of nitrogens with zero attached hydrogens (tertiary/aromatic N) is 2. The third-order valence-electron chi connectivity index (χ3n) is 5.91. The number of hydrogen-bond acceptors (Lipinski definition) is 9. The van der Waals surface area contributed by atoms with Crippen molar-refractivity contribution in [1.29, 1.82) is 0 Å². The molecule has 0 atom stereocenters. The average molecular weight is 530 g/mol. The van der Waals surface area contributed by atoms with Crippen LogP contribution in [0.2, 0.25) is 0 Å². The number of anilines is 2. The summed E-state index contributed by atoms with van der Waals surface area (Å²) < 4.78 is 27.6. The molecule has 4 rings (SSSR count). The second-order valence-electron chi connectivity index (χ2n) is 8.75. The topological polar surface area (TPSA) is 101 Å². The summed E-state index contributed by atoms with van der Waals surface area (Å²) in [6.07, 6.45) is 1.93. The molecule has 1 heterocycles. The molecule has 9 heteroatoms. The highest BCUT2D eigenvalue weighted by Crippen LogP contribution is 2.34. The first-order valence-corrected chi connectivity index (χ1v) is 12.2. The number of hydrogen-bond donors (Lipinski definition) is 1. The van der Waals surface area contributed by atoms with Crippen LogP contribution in [0.3, 0.4) is 0 Å². The van der Waals surface area contributed by atoms with Crippen molar-refractivity contribution in [3.63, 3.8) is 0 Å². The van der Waals surface area contributed by atoms with Gasteiger partial charge in [0.2, 0.25) is 11.8 Å². The first-order chi connectivity index (χ1) is 18.9. The number of methoxy groups -OCH3 is 4. The van der Waals surface area contributed by atoms with Crippen LogP contribution < -0.4 is 29.0 Å². The van der Waals surface area contributed by atoms with E-state index in [1.54, 1.807) is 58.9 Å². The predicted octanol–water partition coefficient (Wildman–Crippen LogP) is 5.71. The van der Waals surface area contributed by atoms with Gasteiger partial charge in [-0.25, -0.2) is 4.98 Å². The number of carbonyl (C=O) groups is 1. The van der Waals surface area contributed by atoms with Crippen LogP contribution in [-0.2, 0) is 17.6 Å². The largest absolute Gasteiger partial charge is 0.497 e. The first kappa shape index (κ1) is 27.3. The van der Waals surface area contributed by atoms with E-state index < -0.39 is 0 Å². The van der Waals surface area contributed by atoms with Crippen molar-refractivity contribution in [3.05, 3.63) is 83.6 Å². The quantitative estimate of drug-likeness (QED) is 0.247. The Bertz CT molecular complexity index is 1420. The van der Waals surface area contributed by atoms with Crippen LogP contribution in [0.4, 0.5) is 11.6 Å². The Morgan fingerprint density at radius 1 is 0.769 bits per heavy atom. The van der Waals surface area contributed by atoms with E-state index in [4.69, 9.17) is 23.7 Å². The zero-order valence-corrected chi connectivity index (χ0v) is 22.6. The molecule has 0 saturated carbocycles.